The fraction of sp³-hybridized carbons (Fsp3) is 0.467. The molecule has 0 aliphatic heterocycles. The van der Waals surface area contributed by atoms with Gasteiger partial charge in [0.25, 0.3) is 0 Å². The molecule has 0 bridgehead atoms. The summed E-state index contributed by atoms with van der Waals surface area (Å²) >= 11 is 0. The Morgan fingerprint density at radius 2 is 1.86 bits per heavy atom. The minimum Gasteiger partial charge on any atom is -0.465 e. The number of hydrogen-bond acceptors (Lipinski definition) is 4. The summed E-state index contributed by atoms with van der Waals surface area (Å²) in [4.78, 5) is 22.7. The van der Waals surface area contributed by atoms with Gasteiger partial charge < -0.3 is 20.7 Å². The van der Waals surface area contributed by atoms with E-state index in [1.807, 2.05) is 24.3 Å². The second-order valence-electron chi connectivity index (χ2n) is 4.51. The molecule has 116 valence electrons. The van der Waals surface area contributed by atoms with Gasteiger partial charge in [-0.05, 0) is 38.1 Å². The number of hydrogen-bond donors (Lipinski definition) is 3. The van der Waals surface area contributed by atoms with E-state index < -0.39 is 12.0 Å². The van der Waals surface area contributed by atoms with E-state index in [4.69, 9.17) is 4.74 Å². The number of nitrogens with one attached hydrogen (secondary N) is 3. The lowest BCUT2D eigenvalue weighted by Crippen LogP contribution is -2.34. The molecule has 0 aliphatic carbocycles. The Hall–Kier alpha value is -2.08. The average molecular weight is 293 g/mol. The van der Waals surface area contributed by atoms with E-state index in [0.29, 0.717) is 12.3 Å². The van der Waals surface area contributed by atoms with Gasteiger partial charge >= 0.3 is 12.0 Å². The molecular weight excluding hydrogens is 270 g/mol. The predicted molar refractivity (Wildman–Crippen MR) is 82.2 cm³/mol. The molecule has 1 atom stereocenters. The third-order valence-electron chi connectivity index (χ3n) is 2.88. The van der Waals surface area contributed by atoms with E-state index in [0.717, 1.165) is 12.1 Å². The largest absolute Gasteiger partial charge is 0.465 e. The molecule has 6 nitrogen and oxygen atoms in total. The molecule has 1 aromatic rings. The topological polar surface area (TPSA) is 79.5 Å². The van der Waals surface area contributed by atoms with Gasteiger partial charge in [0.05, 0.1) is 6.61 Å². The van der Waals surface area contributed by atoms with Gasteiger partial charge in [0.2, 0.25) is 0 Å². The van der Waals surface area contributed by atoms with E-state index in [2.05, 4.69) is 29.8 Å². The van der Waals surface area contributed by atoms with Crippen molar-refractivity contribution in [2.75, 3.05) is 25.0 Å². The zero-order chi connectivity index (χ0) is 15.7. The third kappa shape index (κ3) is 6.27. The van der Waals surface area contributed by atoms with Crippen LogP contribution in [0.5, 0.6) is 0 Å². The summed E-state index contributed by atoms with van der Waals surface area (Å²) in [5, 5.41) is 8.41. The van der Waals surface area contributed by atoms with Crippen molar-refractivity contribution in [3.05, 3.63) is 29.8 Å². The molecule has 0 radical (unpaired) electrons. The number of benzene rings is 1. The summed E-state index contributed by atoms with van der Waals surface area (Å²) in [6, 6.07) is 7.39. The molecule has 6 heteroatoms. The second-order valence-corrected chi connectivity index (χ2v) is 4.51. The van der Waals surface area contributed by atoms with Gasteiger partial charge in [-0.1, -0.05) is 19.1 Å². The van der Waals surface area contributed by atoms with Crippen molar-refractivity contribution in [1.29, 1.82) is 0 Å². The maximum Gasteiger partial charge on any atom is 0.325 e. The van der Waals surface area contributed by atoms with E-state index in [9.17, 15) is 9.59 Å². The Balaban J connectivity index is 2.44. The Morgan fingerprint density at radius 3 is 2.43 bits per heavy atom. The van der Waals surface area contributed by atoms with Crippen molar-refractivity contribution in [2.24, 2.45) is 0 Å². The van der Waals surface area contributed by atoms with Crippen molar-refractivity contribution in [2.45, 2.75) is 26.8 Å². The van der Waals surface area contributed by atoms with Crippen molar-refractivity contribution >= 4 is 17.7 Å². The third-order valence-corrected chi connectivity index (χ3v) is 2.88. The van der Waals surface area contributed by atoms with Crippen LogP contribution >= 0.6 is 0 Å². The number of ether oxygens (including phenoxy) is 1. The van der Waals surface area contributed by atoms with Gasteiger partial charge in [0.15, 0.2) is 0 Å². The molecular formula is C15H23N3O3. The van der Waals surface area contributed by atoms with E-state index >= 15 is 0 Å². The highest BCUT2D eigenvalue weighted by Gasteiger charge is 2.07. The summed E-state index contributed by atoms with van der Waals surface area (Å²) in [6.45, 7) is 6.91. The molecule has 0 saturated heterocycles. The van der Waals surface area contributed by atoms with Crippen LogP contribution in [0, 0.1) is 0 Å². The Morgan fingerprint density at radius 1 is 1.19 bits per heavy atom. The number of urea groups is 1. The Bertz CT molecular complexity index is 460. The molecule has 0 spiro atoms. The van der Waals surface area contributed by atoms with Gasteiger partial charge in [-0.25, -0.2) is 4.79 Å². The van der Waals surface area contributed by atoms with Crippen LogP contribution in [0.1, 0.15) is 32.4 Å². The lowest BCUT2D eigenvalue weighted by Gasteiger charge is -2.13. The second kappa shape index (κ2) is 8.97. The van der Waals surface area contributed by atoms with Gasteiger partial charge in [0.1, 0.15) is 6.54 Å². The number of carbonyl (C=O) groups is 2. The average Bonchev–Trinajstić information content (AvgIpc) is 2.46. The Kier molecular flexibility index (Phi) is 7.25. The highest BCUT2D eigenvalue weighted by Crippen LogP contribution is 2.15. The van der Waals surface area contributed by atoms with Gasteiger partial charge in [-0.2, -0.15) is 0 Å². The fourth-order valence-electron chi connectivity index (χ4n) is 1.82. The van der Waals surface area contributed by atoms with Crippen LogP contribution in [0.2, 0.25) is 0 Å². The van der Waals surface area contributed by atoms with Crippen LogP contribution in [0.3, 0.4) is 0 Å². The number of amides is 2. The first-order valence-electron chi connectivity index (χ1n) is 7.10. The first kappa shape index (κ1) is 17.0. The quantitative estimate of drug-likeness (QED) is 0.672. The molecule has 3 N–H and O–H groups in total. The molecule has 1 rings (SSSR count). The maximum absolute atomic E-state index is 11.6. The zero-order valence-electron chi connectivity index (χ0n) is 12.7. The van der Waals surface area contributed by atoms with Crippen molar-refractivity contribution < 1.29 is 14.3 Å². The number of rotatable bonds is 7. The molecule has 21 heavy (non-hydrogen) atoms. The summed E-state index contributed by atoms with van der Waals surface area (Å²) in [5.74, 6) is -0.456. The lowest BCUT2D eigenvalue weighted by molar-refractivity contribution is -0.141. The standard InChI is InChI=1S/C15H23N3O3/c1-4-16-11(3)12-6-8-13(9-7-12)18-15(20)17-10-14(19)21-5-2/h6-9,11,16H,4-5,10H2,1-3H3,(H2,17,18,20). The minimum absolute atomic E-state index is 0.144. The van der Waals surface area contributed by atoms with Gasteiger partial charge in [-0.15, -0.1) is 0 Å². The fourth-order valence-corrected chi connectivity index (χ4v) is 1.82. The van der Waals surface area contributed by atoms with E-state index in [1.165, 1.54) is 0 Å². The predicted octanol–water partition coefficient (Wildman–Crippen LogP) is 2.04. The summed E-state index contributed by atoms with van der Waals surface area (Å²) in [5.41, 5.74) is 1.82. The van der Waals surface area contributed by atoms with Crippen molar-refractivity contribution in [3.63, 3.8) is 0 Å². The van der Waals surface area contributed by atoms with Gasteiger partial charge in [-0.3, -0.25) is 4.79 Å². The summed E-state index contributed by atoms with van der Waals surface area (Å²) in [7, 11) is 0. The highest BCUT2D eigenvalue weighted by molar-refractivity contribution is 5.91. The van der Waals surface area contributed by atoms with Gasteiger partial charge in [0, 0.05) is 11.7 Å². The lowest BCUT2D eigenvalue weighted by atomic mass is 10.1. The number of anilines is 1. The summed E-state index contributed by atoms with van der Waals surface area (Å²) in [6.07, 6.45) is 0. The van der Waals surface area contributed by atoms with Crippen molar-refractivity contribution in [1.82, 2.24) is 10.6 Å². The molecule has 0 heterocycles. The minimum atomic E-state index is -0.456. The van der Waals surface area contributed by atoms with Crippen LogP contribution < -0.4 is 16.0 Å². The van der Waals surface area contributed by atoms with E-state index in [-0.39, 0.29) is 12.6 Å². The normalized spacial score (nSPS) is 11.6. The maximum atomic E-state index is 11.6. The summed E-state index contributed by atoms with van der Waals surface area (Å²) < 4.78 is 4.72. The molecule has 0 aromatic heterocycles. The molecule has 1 unspecified atom stereocenters. The Labute approximate surface area is 125 Å². The SMILES string of the molecule is CCNC(C)c1ccc(NC(=O)NCC(=O)OCC)cc1. The molecule has 2 amide bonds. The van der Waals surface area contributed by atoms with Crippen LogP contribution in [-0.4, -0.2) is 31.7 Å². The first-order valence-corrected chi connectivity index (χ1v) is 7.10. The molecule has 1 aromatic carbocycles. The van der Waals surface area contributed by atoms with Crippen LogP contribution in [0.4, 0.5) is 10.5 Å². The van der Waals surface area contributed by atoms with Crippen molar-refractivity contribution in [3.8, 4) is 0 Å². The smallest absolute Gasteiger partial charge is 0.325 e. The van der Waals surface area contributed by atoms with E-state index in [1.54, 1.807) is 6.92 Å². The molecule has 0 saturated carbocycles. The van der Waals surface area contributed by atoms with Crippen LogP contribution in [0.25, 0.3) is 0 Å². The highest BCUT2D eigenvalue weighted by atomic mass is 16.5. The molecule has 0 aliphatic rings. The zero-order valence-corrected chi connectivity index (χ0v) is 12.7. The number of esters is 1. The number of carbonyl (C=O) groups excluding carboxylic acids is 2. The van der Waals surface area contributed by atoms with Crippen LogP contribution in [-0.2, 0) is 9.53 Å². The monoisotopic (exact) mass is 293 g/mol. The van der Waals surface area contributed by atoms with Crippen LogP contribution in [0.15, 0.2) is 24.3 Å². The first-order chi connectivity index (χ1) is 10.1. The molecule has 0 fully saturated rings.